The molecule has 0 aliphatic carbocycles. The number of halogens is 2. The second kappa shape index (κ2) is 28.0. The van der Waals surface area contributed by atoms with Gasteiger partial charge in [-0.3, -0.25) is 39.0 Å². The number of carboxylic acid groups (broad SMARTS) is 1. The zero-order chi connectivity index (χ0) is 63.3. The van der Waals surface area contributed by atoms with Gasteiger partial charge in [0.25, 0.3) is 0 Å². The van der Waals surface area contributed by atoms with Gasteiger partial charge in [0, 0.05) is 21.1 Å². The van der Waals surface area contributed by atoms with E-state index < -0.39 is 75.2 Å². The highest BCUT2D eigenvalue weighted by atomic mass is 32.2. The molecule has 0 radical (unpaired) electrons. The summed E-state index contributed by atoms with van der Waals surface area (Å²) in [5.41, 5.74) is 3.20. The highest BCUT2D eigenvalue weighted by Crippen LogP contribution is 2.27. The number of nitrogens with one attached hydrogen (secondary N) is 3. The third kappa shape index (κ3) is 19.5. The van der Waals surface area contributed by atoms with Crippen LogP contribution in [0.1, 0.15) is 101 Å². The maximum atomic E-state index is 13.4. The van der Waals surface area contributed by atoms with Crippen LogP contribution in [0.5, 0.6) is 0 Å². The van der Waals surface area contributed by atoms with Gasteiger partial charge in [-0.1, -0.05) is 24.3 Å². The Labute approximate surface area is 492 Å². The Hall–Kier alpha value is -10.1. The molecule has 0 saturated heterocycles. The summed E-state index contributed by atoms with van der Waals surface area (Å²) in [6.45, 7) is 13.9. The van der Waals surface area contributed by atoms with Gasteiger partial charge in [0.15, 0.2) is 23.2 Å². The molecule has 2 atom stereocenters. The number of rotatable bonds is 16. The largest absolute Gasteiger partial charge is 0.477 e. The number of hydrogen-bond acceptors (Lipinski definition) is 20. The Kier molecular flexibility index (Phi) is 21.1. The molecule has 27 nitrogen and oxygen atoms in total. The van der Waals surface area contributed by atoms with E-state index in [4.69, 9.17) is 18.9 Å². The van der Waals surface area contributed by atoms with Crippen LogP contribution in [0.3, 0.4) is 0 Å². The van der Waals surface area contributed by atoms with E-state index in [1.165, 1.54) is 90.3 Å². The second-order valence-corrected chi connectivity index (χ2v) is 22.6. The first-order valence-electron chi connectivity index (χ1n) is 25.9. The van der Waals surface area contributed by atoms with Crippen LogP contribution < -0.4 is 15.4 Å². The van der Waals surface area contributed by atoms with E-state index in [9.17, 15) is 46.3 Å². The third-order valence-electron chi connectivity index (χ3n) is 11.4. The van der Waals surface area contributed by atoms with Crippen molar-refractivity contribution in [2.45, 2.75) is 91.6 Å². The van der Waals surface area contributed by atoms with Crippen molar-refractivity contribution in [3.8, 4) is 34.2 Å². The van der Waals surface area contributed by atoms with Crippen molar-refractivity contribution in [3.05, 3.63) is 144 Å². The van der Waals surface area contributed by atoms with Crippen LogP contribution in [0, 0.1) is 11.6 Å². The van der Waals surface area contributed by atoms with Crippen LogP contribution in [0.2, 0.25) is 0 Å². The fraction of sp³-hybridized carbons (Fsp3) is 0.321. The Bertz CT molecular complexity index is 3810. The number of aromatic nitrogens is 12. The van der Waals surface area contributed by atoms with E-state index in [-0.39, 0.29) is 35.9 Å². The number of esters is 2. The predicted octanol–water partition coefficient (Wildman–Crippen LogP) is 8.37. The lowest BCUT2D eigenvalue weighted by Crippen LogP contribution is -2.27. The van der Waals surface area contributed by atoms with Gasteiger partial charge in [-0.25, -0.2) is 61.5 Å². The third-order valence-corrected chi connectivity index (χ3v) is 12.0. The first-order valence-corrected chi connectivity index (χ1v) is 27.8. The van der Waals surface area contributed by atoms with Crippen molar-refractivity contribution in [2.75, 3.05) is 21.6 Å². The number of amides is 2. The highest BCUT2D eigenvalue weighted by Gasteiger charge is 2.24. The van der Waals surface area contributed by atoms with Gasteiger partial charge in [0.2, 0.25) is 10.0 Å². The maximum Gasteiger partial charge on any atom is 0.412 e. The van der Waals surface area contributed by atoms with Crippen molar-refractivity contribution >= 4 is 57.2 Å². The number of ether oxygens (including phenoxy) is 4. The molecule has 0 saturated carbocycles. The Morgan fingerprint density at radius 2 is 0.907 bits per heavy atom. The zero-order valence-electron chi connectivity index (χ0n) is 48.9. The lowest BCUT2D eigenvalue weighted by molar-refractivity contribution is -0.148. The molecule has 0 unspecified atom stereocenters. The number of carboxylic acids is 1. The van der Waals surface area contributed by atoms with E-state index in [1.807, 2.05) is 0 Å². The van der Waals surface area contributed by atoms with E-state index in [2.05, 4.69) is 60.6 Å². The fourth-order valence-electron chi connectivity index (χ4n) is 7.62. The number of hydrogen-bond donors (Lipinski definition) is 4. The summed E-state index contributed by atoms with van der Waals surface area (Å²) in [7, 11) is 1.44. The summed E-state index contributed by atoms with van der Waals surface area (Å²) in [4.78, 5) is 84.7. The van der Waals surface area contributed by atoms with Gasteiger partial charge in [-0.05, 0) is 90.8 Å². The Balaban J connectivity index is 0.000000210. The lowest BCUT2D eigenvalue weighted by atomic mass is 10.1. The molecule has 0 aliphatic rings. The SMILES string of the molecule is C[C@@H](OC(=O)Cc1c(-c2ncc(NC(=O)OC(C)(C)C)cn2)cnn1C)c1cccc(F)c1.C[C@@H](OC(=O)Cc1c(-c2ncc(NS(C)(=O)=O)cn2)cnn1C)c1cccc(F)c1.Cn1ncc(-c2ncc(NC(=O)OC(C)(C)C)cn2)c1C(=O)O. The van der Waals surface area contributed by atoms with Crippen molar-refractivity contribution in [2.24, 2.45) is 21.1 Å². The molecule has 4 N–H and O–H groups in total. The molecule has 6 heterocycles. The van der Waals surface area contributed by atoms with Gasteiger partial charge in [0.1, 0.15) is 35.0 Å². The average molecular weight is 1210 g/mol. The average Bonchev–Trinajstić information content (AvgIpc) is 2.35. The minimum atomic E-state index is -3.44. The normalized spacial score (nSPS) is 12.0. The predicted molar refractivity (Wildman–Crippen MR) is 307 cm³/mol. The number of aryl methyl sites for hydroxylation is 3. The Morgan fingerprint density at radius 3 is 1.26 bits per heavy atom. The summed E-state index contributed by atoms with van der Waals surface area (Å²) < 4.78 is 77.2. The van der Waals surface area contributed by atoms with Gasteiger partial charge < -0.3 is 24.1 Å². The van der Waals surface area contributed by atoms with Crippen LogP contribution in [-0.2, 0) is 72.5 Å². The first-order chi connectivity index (χ1) is 40.3. The van der Waals surface area contributed by atoms with E-state index >= 15 is 0 Å². The number of nitrogens with zero attached hydrogens (tertiary/aromatic N) is 12. The molecule has 86 heavy (non-hydrogen) atoms. The topological polar surface area (TPSA) is 344 Å². The summed E-state index contributed by atoms with van der Waals surface area (Å²) in [5.74, 6) is -2.14. The monoisotopic (exact) mass is 1210 g/mol. The minimum absolute atomic E-state index is 0.0159. The molecule has 0 fully saturated rings. The summed E-state index contributed by atoms with van der Waals surface area (Å²) in [6, 6.07) is 11.8. The molecule has 2 aromatic carbocycles. The molecule has 0 aliphatic heterocycles. The molecule has 454 valence electrons. The number of carbonyl (C=O) groups excluding carboxylic acids is 4. The zero-order valence-corrected chi connectivity index (χ0v) is 49.7. The molecule has 6 aromatic heterocycles. The van der Waals surface area contributed by atoms with E-state index in [1.54, 1.807) is 105 Å². The molecule has 2 amide bonds. The van der Waals surface area contributed by atoms with Crippen molar-refractivity contribution in [3.63, 3.8) is 0 Å². The van der Waals surface area contributed by atoms with Crippen LogP contribution >= 0.6 is 0 Å². The standard InChI is InChI=1S/C23H26FN5O4.C19H20FN5O4S.C14H17N5O4/c1-14(15-7-6-8-16(24)9-15)32-20(30)10-19-18(13-27-29(19)5)21-25-11-17(12-26-21)28-22(31)33-23(2,3)4;1-12(13-5-4-6-14(20)7-13)29-18(26)8-17-16(11-23-25(17)2)19-21-9-15(10-22-19)24-30(3,27)28;1-14(2,3)23-13(22)18-8-5-15-11(16-6-8)9-7-17-19(4)10(9)12(20)21/h6-9,11-14H,10H2,1-5H3,(H,28,31);4-7,9-12,24H,8H2,1-3H3;5-7H,1-4H3,(H,18,22)(H,20,21)/t14-;12-;/m11./s1. The smallest absolute Gasteiger partial charge is 0.412 e. The molecular weight excluding hydrogens is 1140 g/mol. The lowest BCUT2D eigenvalue weighted by Gasteiger charge is -2.19. The van der Waals surface area contributed by atoms with Gasteiger partial charge in [0.05, 0.1) is 120 Å². The number of sulfonamides is 1. The molecule has 8 aromatic rings. The van der Waals surface area contributed by atoms with Crippen LogP contribution in [0.4, 0.5) is 35.4 Å². The van der Waals surface area contributed by atoms with E-state index in [0.29, 0.717) is 56.4 Å². The number of benzene rings is 2. The van der Waals surface area contributed by atoms with Crippen molar-refractivity contribution < 1.29 is 65.2 Å². The van der Waals surface area contributed by atoms with Gasteiger partial charge in [-0.2, -0.15) is 15.3 Å². The fourth-order valence-corrected chi connectivity index (χ4v) is 8.15. The van der Waals surface area contributed by atoms with Gasteiger partial charge >= 0.3 is 30.1 Å². The highest BCUT2D eigenvalue weighted by molar-refractivity contribution is 7.92. The second-order valence-electron chi connectivity index (χ2n) is 20.8. The molecule has 0 bridgehead atoms. The summed E-state index contributed by atoms with van der Waals surface area (Å²) in [5, 5.41) is 26.5. The molecule has 30 heteroatoms. The minimum Gasteiger partial charge on any atom is -0.477 e. The summed E-state index contributed by atoms with van der Waals surface area (Å²) in [6.07, 6.45) is 11.1. The number of carbonyl (C=O) groups is 5. The van der Waals surface area contributed by atoms with Gasteiger partial charge in [-0.15, -0.1) is 0 Å². The first kappa shape index (κ1) is 65.0. The van der Waals surface area contributed by atoms with Crippen molar-refractivity contribution in [1.82, 2.24) is 59.2 Å². The van der Waals surface area contributed by atoms with Crippen LogP contribution in [0.15, 0.2) is 104 Å². The summed E-state index contributed by atoms with van der Waals surface area (Å²) >= 11 is 0. The number of anilines is 3. The quantitative estimate of drug-likeness (QED) is 0.0521. The molecule has 0 spiro atoms. The van der Waals surface area contributed by atoms with E-state index in [0.717, 1.165) is 6.26 Å². The van der Waals surface area contributed by atoms with Crippen molar-refractivity contribution in [1.29, 1.82) is 0 Å². The number of aromatic carboxylic acids is 1. The van der Waals surface area contributed by atoms with Crippen LogP contribution in [-0.4, -0.2) is 120 Å². The maximum absolute atomic E-state index is 13.4. The Morgan fingerprint density at radius 1 is 0.558 bits per heavy atom. The molecular formula is C56H63F2N15O12S. The van der Waals surface area contributed by atoms with Crippen LogP contribution in [0.25, 0.3) is 34.2 Å². The molecule has 8 rings (SSSR count).